The molecule has 1 atom stereocenters. The van der Waals surface area contributed by atoms with Gasteiger partial charge in [-0.25, -0.2) is 0 Å². The van der Waals surface area contributed by atoms with Gasteiger partial charge in [-0.1, -0.05) is 66.7 Å². The van der Waals surface area contributed by atoms with E-state index in [1.54, 1.807) is 0 Å². The first-order valence-electron chi connectivity index (χ1n) is 9.84. The first-order valence-corrected chi connectivity index (χ1v) is 9.84. The normalized spacial score (nSPS) is 16.6. The van der Waals surface area contributed by atoms with Gasteiger partial charge >= 0.3 is 0 Å². The Morgan fingerprint density at radius 3 is 2.43 bits per heavy atom. The van der Waals surface area contributed by atoms with Gasteiger partial charge in [-0.2, -0.15) is 0 Å². The number of hydrogen-bond donors (Lipinski definition) is 0. The van der Waals surface area contributed by atoms with Crippen molar-refractivity contribution in [3.05, 3.63) is 90.0 Å². The molecule has 2 heteroatoms. The van der Waals surface area contributed by atoms with Crippen molar-refractivity contribution >= 4 is 10.8 Å². The lowest BCUT2D eigenvalue weighted by Crippen LogP contribution is -2.03. The second-order valence-corrected chi connectivity index (χ2v) is 7.62. The van der Waals surface area contributed by atoms with Crippen LogP contribution in [0.3, 0.4) is 0 Å². The highest BCUT2D eigenvalue weighted by atomic mass is 16.6. The molecule has 4 aromatic rings. The van der Waals surface area contributed by atoms with Crippen LogP contribution in [0.15, 0.2) is 78.9 Å². The summed E-state index contributed by atoms with van der Waals surface area (Å²) in [6.45, 7) is 1.45. The summed E-state index contributed by atoms with van der Waals surface area (Å²) in [6.07, 6.45) is 1.27. The molecule has 0 saturated carbocycles. The third-order valence-electron chi connectivity index (χ3n) is 5.83. The largest absolute Gasteiger partial charge is 0.491 e. The summed E-state index contributed by atoms with van der Waals surface area (Å²) in [4.78, 5) is 0. The molecule has 2 nitrogen and oxygen atoms in total. The van der Waals surface area contributed by atoms with Crippen molar-refractivity contribution in [3.63, 3.8) is 0 Å². The topological polar surface area (TPSA) is 21.8 Å². The third kappa shape index (κ3) is 2.61. The third-order valence-corrected chi connectivity index (χ3v) is 5.83. The monoisotopic (exact) mass is 364 g/mol. The zero-order valence-electron chi connectivity index (χ0n) is 15.5. The Labute approximate surface area is 164 Å². The molecule has 136 valence electrons. The Hall–Kier alpha value is -3.10. The molecule has 1 aliphatic carbocycles. The van der Waals surface area contributed by atoms with E-state index in [0.29, 0.717) is 6.61 Å². The van der Waals surface area contributed by atoms with Crippen molar-refractivity contribution in [2.24, 2.45) is 0 Å². The summed E-state index contributed by atoms with van der Waals surface area (Å²) >= 11 is 0. The molecular formula is C26H20O2. The SMILES string of the molecule is c1ccc2c(c1)Cc1c-2cccc1-c1cccc2cc(OCC3CO3)ccc12. The minimum atomic E-state index is 0.274. The van der Waals surface area contributed by atoms with Crippen LogP contribution in [0, 0.1) is 0 Å². The average molecular weight is 364 g/mol. The molecule has 1 unspecified atom stereocenters. The lowest BCUT2D eigenvalue weighted by atomic mass is 9.92. The van der Waals surface area contributed by atoms with Gasteiger partial charge in [0, 0.05) is 0 Å². The summed E-state index contributed by atoms with van der Waals surface area (Å²) in [7, 11) is 0. The van der Waals surface area contributed by atoms with Crippen molar-refractivity contribution in [1.82, 2.24) is 0 Å². The van der Waals surface area contributed by atoms with Gasteiger partial charge in [0.05, 0.1) is 6.61 Å². The quantitative estimate of drug-likeness (QED) is 0.373. The van der Waals surface area contributed by atoms with Crippen LogP contribution in [0.5, 0.6) is 5.75 Å². The molecule has 0 aromatic heterocycles. The molecule has 0 bridgehead atoms. The van der Waals surface area contributed by atoms with E-state index in [-0.39, 0.29) is 6.10 Å². The maximum absolute atomic E-state index is 5.87. The molecule has 1 aliphatic heterocycles. The molecule has 6 rings (SSSR count). The Kier molecular flexibility index (Phi) is 3.53. The molecule has 1 heterocycles. The highest BCUT2D eigenvalue weighted by Crippen LogP contribution is 2.43. The van der Waals surface area contributed by atoms with Gasteiger partial charge in [0.2, 0.25) is 0 Å². The van der Waals surface area contributed by atoms with Gasteiger partial charge in [0.1, 0.15) is 18.5 Å². The molecule has 2 aliphatic rings. The number of benzene rings is 4. The molecular weight excluding hydrogens is 344 g/mol. The molecule has 0 amide bonds. The maximum Gasteiger partial charge on any atom is 0.120 e. The lowest BCUT2D eigenvalue weighted by Gasteiger charge is -2.13. The van der Waals surface area contributed by atoms with Gasteiger partial charge in [0.15, 0.2) is 0 Å². The van der Waals surface area contributed by atoms with Gasteiger partial charge < -0.3 is 9.47 Å². The number of epoxide rings is 1. The molecule has 1 saturated heterocycles. The Morgan fingerprint density at radius 1 is 0.786 bits per heavy atom. The van der Waals surface area contributed by atoms with E-state index in [0.717, 1.165) is 18.8 Å². The summed E-state index contributed by atoms with van der Waals surface area (Å²) in [5, 5.41) is 2.47. The van der Waals surface area contributed by atoms with E-state index in [1.807, 2.05) is 0 Å². The second kappa shape index (κ2) is 6.22. The van der Waals surface area contributed by atoms with Crippen LogP contribution in [-0.4, -0.2) is 19.3 Å². The number of fused-ring (bicyclic) bond motifs is 4. The molecule has 0 N–H and O–H groups in total. The summed E-state index contributed by atoms with van der Waals surface area (Å²) in [5.74, 6) is 0.908. The van der Waals surface area contributed by atoms with Gasteiger partial charge in [-0.3, -0.25) is 0 Å². The van der Waals surface area contributed by atoms with Crippen LogP contribution < -0.4 is 4.74 Å². The van der Waals surface area contributed by atoms with Crippen LogP contribution >= 0.6 is 0 Å². The average Bonchev–Trinajstić information content (AvgIpc) is 3.50. The highest BCUT2D eigenvalue weighted by molar-refractivity contribution is 5.99. The van der Waals surface area contributed by atoms with E-state index >= 15 is 0 Å². The molecule has 0 spiro atoms. The summed E-state index contributed by atoms with van der Waals surface area (Å²) in [6, 6.07) is 28.4. The van der Waals surface area contributed by atoms with Gasteiger partial charge in [-0.15, -0.1) is 0 Å². The first-order chi connectivity index (χ1) is 13.9. The summed E-state index contributed by atoms with van der Waals surface area (Å²) in [5.41, 5.74) is 8.22. The van der Waals surface area contributed by atoms with Crippen LogP contribution in [-0.2, 0) is 11.2 Å². The zero-order valence-corrected chi connectivity index (χ0v) is 15.5. The fourth-order valence-corrected chi connectivity index (χ4v) is 4.35. The Morgan fingerprint density at radius 2 is 1.54 bits per heavy atom. The van der Waals surface area contributed by atoms with Crippen LogP contribution in [0.2, 0.25) is 0 Å². The number of ether oxygens (including phenoxy) is 2. The Balaban J connectivity index is 1.45. The number of hydrogen-bond acceptors (Lipinski definition) is 2. The van der Waals surface area contributed by atoms with Crippen molar-refractivity contribution in [2.75, 3.05) is 13.2 Å². The van der Waals surface area contributed by atoms with Crippen LogP contribution in [0.1, 0.15) is 11.1 Å². The molecule has 28 heavy (non-hydrogen) atoms. The van der Waals surface area contributed by atoms with Crippen molar-refractivity contribution in [1.29, 1.82) is 0 Å². The number of rotatable bonds is 4. The van der Waals surface area contributed by atoms with E-state index in [4.69, 9.17) is 9.47 Å². The molecule has 1 fully saturated rings. The van der Waals surface area contributed by atoms with Crippen molar-refractivity contribution in [3.8, 4) is 28.0 Å². The van der Waals surface area contributed by atoms with E-state index in [1.165, 1.54) is 44.2 Å². The fourth-order valence-electron chi connectivity index (χ4n) is 4.35. The minimum absolute atomic E-state index is 0.274. The van der Waals surface area contributed by atoms with E-state index < -0.39 is 0 Å². The maximum atomic E-state index is 5.87. The second-order valence-electron chi connectivity index (χ2n) is 7.62. The highest BCUT2D eigenvalue weighted by Gasteiger charge is 2.23. The predicted molar refractivity (Wildman–Crippen MR) is 113 cm³/mol. The van der Waals surface area contributed by atoms with Crippen molar-refractivity contribution < 1.29 is 9.47 Å². The van der Waals surface area contributed by atoms with E-state index in [2.05, 4.69) is 78.9 Å². The molecule has 4 aromatic carbocycles. The Bertz CT molecular complexity index is 1200. The van der Waals surface area contributed by atoms with Gasteiger partial charge in [0.25, 0.3) is 0 Å². The predicted octanol–water partition coefficient (Wildman–Crippen LogP) is 5.86. The minimum Gasteiger partial charge on any atom is -0.491 e. The fraction of sp³-hybridized carbons (Fsp3) is 0.154. The molecule has 0 radical (unpaired) electrons. The lowest BCUT2D eigenvalue weighted by molar-refractivity contribution is 0.263. The van der Waals surface area contributed by atoms with Gasteiger partial charge in [-0.05, 0) is 62.7 Å². The standard InChI is InChI=1S/C26H20O2/c1-2-7-21-18(5-1)14-26-24(21)9-4-10-25(26)23-8-3-6-17-13-19(11-12-22(17)23)27-15-20-16-28-20/h1-13,20H,14-16H2. The first kappa shape index (κ1) is 15.9. The van der Waals surface area contributed by atoms with Crippen molar-refractivity contribution in [2.45, 2.75) is 12.5 Å². The van der Waals surface area contributed by atoms with Crippen LogP contribution in [0.4, 0.5) is 0 Å². The van der Waals surface area contributed by atoms with E-state index in [9.17, 15) is 0 Å². The summed E-state index contributed by atoms with van der Waals surface area (Å²) < 4.78 is 11.1. The van der Waals surface area contributed by atoms with Crippen LogP contribution in [0.25, 0.3) is 33.0 Å². The smallest absolute Gasteiger partial charge is 0.120 e. The zero-order chi connectivity index (χ0) is 18.5.